The Morgan fingerprint density at radius 3 is 2.26 bits per heavy atom. The number of aromatic nitrogens is 4. The summed E-state index contributed by atoms with van der Waals surface area (Å²) in [7, 11) is 1.50. The number of amides is 1. The van der Waals surface area contributed by atoms with Crippen molar-refractivity contribution < 1.29 is 38.6 Å². The molecule has 1 saturated heterocycles. The summed E-state index contributed by atoms with van der Waals surface area (Å²) in [4.78, 5) is 42.7. The summed E-state index contributed by atoms with van der Waals surface area (Å²) < 4.78 is 39.0. The molecule has 12 nitrogen and oxygen atoms in total. The Morgan fingerprint density at radius 1 is 0.957 bits per heavy atom. The molecule has 3 heterocycles. The van der Waals surface area contributed by atoms with Crippen LogP contribution in [0.3, 0.4) is 0 Å². The first kappa shape index (κ1) is 35.1. The van der Waals surface area contributed by atoms with Gasteiger partial charge in [0.2, 0.25) is 5.95 Å². The number of rotatable bonds is 10. The Bertz CT molecular complexity index is 1620. The van der Waals surface area contributed by atoms with Crippen molar-refractivity contribution in [3.63, 3.8) is 0 Å². The Kier molecular flexibility index (Phi) is 12.4. The molecule has 4 aromatic rings. The van der Waals surface area contributed by atoms with Crippen LogP contribution in [0.4, 0.5) is 30.6 Å². The van der Waals surface area contributed by atoms with E-state index in [4.69, 9.17) is 10.3 Å². The second kappa shape index (κ2) is 16.7. The number of carbonyl (C=O) groups is 2. The number of nitrogens with one attached hydrogen (secondary N) is 1. The van der Waals surface area contributed by atoms with Crippen molar-refractivity contribution in [3.8, 4) is 11.4 Å². The van der Waals surface area contributed by atoms with Gasteiger partial charge < -0.3 is 20.2 Å². The van der Waals surface area contributed by atoms with Gasteiger partial charge in [-0.05, 0) is 23.8 Å². The zero-order valence-electron chi connectivity index (χ0n) is 25.4. The number of carboxylic acids is 1. The number of quaternary nitrogens is 1. The first-order valence-electron chi connectivity index (χ1n) is 14.5. The summed E-state index contributed by atoms with van der Waals surface area (Å²) in [6.07, 6.45) is -3.19. The van der Waals surface area contributed by atoms with Crippen molar-refractivity contribution in [2.45, 2.75) is 18.3 Å². The van der Waals surface area contributed by atoms with Gasteiger partial charge in [0.15, 0.2) is 11.5 Å². The lowest BCUT2D eigenvalue weighted by atomic mass is 10.2. The topological polar surface area (TPSA) is 161 Å². The molecule has 16 heteroatoms. The van der Waals surface area contributed by atoms with Crippen molar-refractivity contribution in [2.75, 3.05) is 48.8 Å². The standard InChI is InChI=1S/C21H21F3N8O2.C10H12O2S/c1-25-19(33)15-12-17(29-18(27-15)13-2-4-14(30-34)5-3-13)31-8-10-32(11-9-31)20-26-7-6-16(28-20)21(22,23)24;11-10(12)6-7-13-8-9-4-2-1-3-5-9/h2-7,12,30,34H,8-11H2,1H3,(H,25,33);1-5H,6-8H2,(H,11,12)/p+1. The molecule has 1 fully saturated rings. The van der Waals surface area contributed by atoms with Gasteiger partial charge in [-0.25, -0.2) is 25.1 Å². The number of anilines is 2. The SMILES string of the molecule is CNC(=O)c1cc(N2CCN(c3nccc(C(F)(F)F)n3)CC2)nc(-c2ccc([NH2+]O)cc2)n1.O=C(O)CCSCc1ccccc1. The highest BCUT2D eigenvalue weighted by atomic mass is 32.2. The molecule has 0 saturated carbocycles. The third-order valence-electron chi connectivity index (χ3n) is 6.88. The highest BCUT2D eigenvalue weighted by Gasteiger charge is 2.33. The molecule has 5 N–H and O–H groups in total. The number of carbonyl (C=O) groups excluding carboxylic acids is 1. The van der Waals surface area contributed by atoms with E-state index in [2.05, 4.69) is 25.3 Å². The van der Waals surface area contributed by atoms with E-state index in [0.717, 1.165) is 23.5 Å². The maximum atomic E-state index is 13.0. The highest BCUT2D eigenvalue weighted by molar-refractivity contribution is 7.98. The Morgan fingerprint density at radius 2 is 1.64 bits per heavy atom. The van der Waals surface area contributed by atoms with Crippen LogP contribution in [0.5, 0.6) is 0 Å². The molecule has 1 aliphatic heterocycles. The van der Waals surface area contributed by atoms with Crippen LogP contribution in [0.2, 0.25) is 0 Å². The lowest BCUT2D eigenvalue weighted by molar-refractivity contribution is -0.825. The van der Waals surface area contributed by atoms with E-state index in [1.165, 1.54) is 12.6 Å². The summed E-state index contributed by atoms with van der Waals surface area (Å²) >= 11 is 1.65. The maximum absolute atomic E-state index is 13.0. The van der Waals surface area contributed by atoms with Crippen LogP contribution in [-0.4, -0.2) is 81.1 Å². The lowest BCUT2D eigenvalue weighted by Crippen LogP contribution is -2.73. The Balaban J connectivity index is 0.000000323. The number of halogens is 3. The van der Waals surface area contributed by atoms with Crippen molar-refractivity contribution in [1.82, 2.24) is 25.3 Å². The van der Waals surface area contributed by atoms with Crippen LogP contribution in [0.15, 0.2) is 72.9 Å². The number of benzene rings is 2. The second-order valence-electron chi connectivity index (χ2n) is 10.2. The maximum Gasteiger partial charge on any atom is 0.433 e. The third kappa shape index (κ3) is 10.4. The average molecular weight is 672 g/mol. The number of carboxylic acid groups (broad SMARTS) is 1. The zero-order valence-corrected chi connectivity index (χ0v) is 26.2. The number of piperazine rings is 1. The molecule has 0 bridgehead atoms. The molecule has 1 amide bonds. The fraction of sp³-hybridized carbons (Fsp3) is 0.290. The molecule has 47 heavy (non-hydrogen) atoms. The van der Waals surface area contributed by atoms with E-state index in [1.807, 2.05) is 35.2 Å². The predicted molar refractivity (Wildman–Crippen MR) is 171 cm³/mol. The van der Waals surface area contributed by atoms with Gasteiger partial charge in [0, 0.05) is 74.7 Å². The largest absolute Gasteiger partial charge is 0.481 e. The van der Waals surface area contributed by atoms with Crippen molar-refractivity contribution in [3.05, 3.63) is 89.9 Å². The van der Waals surface area contributed by atoms with Crippen LogP contribution in [0, 0.1) is 0 Å². The van der Waals surface area contributed by atoms with E-state index in [0.29, 0.717) is 54.8 Å². The van der Waals surface area contributed by atoms with Crippen LogP contribution >= 0.6 is 11.8 Å². The summed E-state index contributed by atoms with van der Waals surface area (Å²) in [6.45, 7) is 1.61. The van der Waals surface area contributed by atoms with Gasteiger partial charge in [0.05, 0.1) is 6.42 Å². The Labute approximate surface area is 273 Å². The molecule has 2 aromatic heterocycles. The molecular weight excluding hydrogens is 637 g/mol. The molecule has 0 radical (unpaired) electrons. The smallest absolute Gasteiger partial charge is 0.433 e. The van der Waals surface area contributed by atoms with Crippen LogP contribution < -0.4 is 20.6 Å². The minimum atomic E-state index is -4.54. The lowest BCUT2D eigenvalue weighted by Gasteiger charge is -2.35. The van der Waals surface area contributed by atoms with E-state index in [1.54, 1.807) is 47.0 Å². The van der Waals surface area contributed by atoms with Crippen molar-refractivity contribution >= 4 is 41.1 Å². The van der Waals surface area contributed by atoms with Gasteiger partial charge in [0.25, 0.3) is 5.91 Å². The quantitative estimate of drug-likeness (QED) is 0.111. The molecule has 248 valence electrons. The van der Waals surface area contributed by atoms with Crippen LogP contribution in [0.1, 0.15) is 28.2 Å². The first-order valence-corrected chi connectivity index (χ1v) is 15.7. The number of hydrogen-bond acceptors (Lipinski definition) is 10. The molecular formula is C31H34F3N8O4S+. The first-order chi connectivity index (χ1) is 22.6. The molecule has 0 aliphatic carbocycles. The minimum absolute atomic E-state index is 0.0182. The van der Waals surface area contributed by atoms with Gasteiger partial charge in [0.1, 0.15) is 17.2 Å². The predicted octanol–water partition coefficient (Wildman–Crippen LogP) is 3.62. The molecule has 1 aliphatic rings. The summed E-state index contributed by atoms with van der Waals surface area (Å²) in [5.74, 6) is 1.36. The zero-order chi connectivity index (χ0) is 33.8. The van der Waals surface area contributed by atoms with Crippen molar-refractivity contribution in [2.24, 2.45) is 0 Å². The number of hydrogen-bond donors (Lipinski definition) is 4. The summed E-state index contributed by atoms with van der Waals surface area (Å²) in [5, 5.41) is 20.1. The number of nitrogens with zero attached hydrogens (tertiary/aromatic N) is 6. The van der Waals surface area contributed by atoms with E-state index in [9.17, 15) is 22.8 Å². The van der Waals surface area contributed by atoms with Gasteiger partial charge in [-0.2, -0.15) is 30.4 Å². The summed E-state index contributed by atoms with van der Waals surface area (Å²) in [5.41, 5.74) is 2.69. The number of alkyl halides is 3. The molecule has 0 spiro atoms. The van der Waals surface area contributed by atoms with Crippen molar-refractivity contribution in [1.29, 1.82) is 0 Å². The van der Waals surface area contributed by atoms with Crippen LogP contribution in [-0.2, 0) is 16.7 Å². The second-order valence-corrected chi connectivity index (χ2v) is 11.3. The molecule has 2 aromatic carbocycles. The molecule has 5 rings (SSSR count). The monoisotopic (exact) mass is 671 g/mol. The molecule has 0 atom stereocenters. The Hall–Kier alpha value is -4.80. The minimum Gasteiger partial charge on any atom is -0.481 e. The van der Waals surface area contributed by atoms with E-state index in [-0.39, 0.29) is 24.0 Å². The normalized spacial score (nSPS) is 13.0. The average Bonchev–Trinajstić information content (AvgIpc) is 3.10. The third-order valence-corrected chi connectivity index (χ3v) is 7.91. The van der Waals surface area contributed by atoms with Gasteiger partial charge >= 0.3 is 12.1 Å². The van der Waals surface area contributed by atoms with Crippen LogP contribution in [0.25, 0.3) is 11.4 Å². The summed E-state index contributed by atoms with van der Waals surface area (Å²) in [6, 6.07) is 19.3. The number of thioether (sulfide) groups is 1. The highest BCUT2D eigenvalue weighted by Crippen LogP contribution is 2.29. The van der Waals surface area contributed by atoms with E-state index >= 15 is 0 Å². The van der Waals surface area contributed by atoms with E-state index < -0.39 is 17.8 Å². The number of nitrogens with two attached hydrogens (primary N) is 1. The van der Waals surface area contributed by atoms with Gasteiger partial charge in [-0.3, -0.25) is 9.59 Å². The number of aliphatic carboxylic acids is 1. The fourth-order valence-corrected chi connectivity index (χ4v) is 5.30. The molecule has 0 unspecified atom stereocenters. The van der Waals surface area contributed by atoms with Gasteiger partial charge in [-0.15, -0.1) is 0 Å². The van der Waals surface area contributed by atoms with Gasteiger partial charge in [-0.1, -0.05) is 30.3 Å². The fourth-order valence-electron chi connectivity index (χ4n) is 4.41.